The third kappa shape index (κ3) is 2.95. The lowest BCUT2D eigenvalue weighted by molar-refractivity contribution is 0.411. The molecular weight excluding hydrogens is 254 g/mol. The molecule has 0 fully saturated rings. The number of rotatable bonds is 5. The van der Waals surface area contributed by atoms with E-state index in [2.05, 4.69) is 14.4 Å². The van der Waals surface area contributed by atoms with Crippen molar-refractivity contribution in [3.63, 3.8) is 0 Å². The van der Waals surface area contributed by atoms with Crippen LogP contribution in [0.15, 0.2) is 46.0 Å². The van der Waals surface area contributed by atoms with Crippen LogP contribution in [0.2, 0.25) is 0 Å². The zero-order chi connectivity index (χ0) is 13.0. The van der Waals surface area contributed by atoms with Gasteiger partial charge in [0.25, 0.3) is 0 Å². The summed E-state index contributed by atoms with van der Waals surface area (Å²) in [7, 11) is -3.56. The molecule has 0 spiro atoms. The molecule has 2 aromatic rings. The van der Waals surface area contributed by atoms with Crippen LogP contribution in [-0.4, -0.2) is 13.6 Å². The van der Waals surface area contributed by atoms with E-state index in [0.29, 0.717) is 12.2 Å². The average molecular weight is 267 g/mol. The molecule has 0 saturated carbocycles. The van der Waals surface area contributed by atoms with E-state index in [1.54, 1.807) is 24.3 Å². The van der Waals surface area contributed by atoms with Crippen LogP contribution in [0.3, 0.4) is 0 Å². The van der Waals surface area contributed by atoms with Crippen molar-refractivity contribution >= 4 is 10.0 Å². The van der Waals surface area contributed by atoms with Crippen LogP contribution < -0.4 is 10.5 Å². The minimum absolute atomic E-state index is 0.0890. The van der Waals surface area contributed by atoms with Crippen molar-refractivity contribution in [3.8, 4) is 0 Å². The quantitative estimate of drug-likeness (QED) is 0.827. The van der Waals surface area contributed by atoms with E-state index >= 15 is 0 Å². The van der Waals surface area contributed by atoms with Gasteiger partial charge in [0.1, 0.15) is 6.26 Å². The zero-order valence-electron chi connectivity index (χ0n) is 9.54. The Labute approximate surface area is 105 Å². The Morgan fingerprint density at radius 3 is 2.83 bits per heavy atom. The monoisotopic (exact) mass is 267 g/mol. The van der Waals surface area contributed by atoms with Crippen molar-refractivity contribution in [1.82, 2.24) is 9.88 Å². The van der Waals surface area contributed by atoms with E-state index in [0.717, 1.165) is 5.56 Å². The average Bonchev–Trinajstić information content (AvgIpc) is 2.90. The number of aromatic nitrogens is 1. The first-order valence-electron chi connectivity index (χ1n) is 5.30. The highest BCUT2D eigenvalue weighted by molar-refractivity contribution is 7.89. The van der Waals surface area contributed by atoms with E-state index < -0.39 is 10.0 Å². The van der Waals surface area contributed by atoms with Crippen molar-refractivity contribution < 1.29 is 12.9 Å². The smallest absolute Gasteiger partial charge is 0.240 e. The number of nitrogens with zero attached hydrogens (tertiary/aromatic N) is 1. The normalized spacial score (nSPS) is 11.6. The molecule has 3 N–H and O–H groups in total. The topological polar surface area (TPSA) is 98.2 Å². The molecule has 1 aromatic carbocycles. The first-order chi connectivity index (χ1) is 8.62. The van der Waals surface area contributed by atoms with Crippen LogP contribution in [0.4, 0.5) is 0 Å². The van der Waals surface area contributed by atoms with Gasteiger partial charge in [0, 0.05) is 12.6 Å². The second kappa shape index (κ2) is 5.30. The molecule has 0 bridgehead atoms. The first-order valence-corrected chi connectivity index (χ1v) is 6.78. The lowest BCUT2D eigenvalue weighted by Crippen LogP contribution is -2.23. The number of benzene rings is 1. The van der Waals surface area contributed by atoms with Crippen LogP contribution in [0, 0.1) is 0 Å². The van der Waals surface area contributed by atoms with Crippen LogP contribution in [-0.2, 0) is 23.1 Å². The van der Waals surface area contributed by atoms with Crippen LogP contribution in [0.1, 0.15) is 11.3 Å². The van der Waals surface area contributed by atoms with Gasteiger partial charge in [-0.15, -0.1) is 0 Å². The van der Waals surface area contributed by atoms with E-state index in [-0.39, 0.29) is 11.4 Å². The predicted octanol–water partition coefficient (Wildman–Crippen LogP) is 0.612. The lowest BCUT2D eigenvalue weighted by Gasteiger charge is -2.06. The van der Waals surface area contributed by atoms with E-state index in [1.807, 2.05) is 0 Å². The molecule has 6 nitrogen and oxygen atoms in total. The van der Waals surface area contributed by atoms with Gasteiger partial charge in [0.15, 0.2) is 0 Å². The van der Waals surface area contributed by atoms with Crippen LogP contribution in [0.25, 0.3) is 0 Å². The molecule has 7 heteroatoms. The molecule has 96 valence electrons. The number of hydrogen-bond acceptors (Lipinski definition) is 5. The van der Waals surface area contributed by atoms with Gasteiger partial charge in [-0.2, -0.15) is 0 Å². The van der Waals surface area contributed by atoms with Crippen molar-refractivity contribution in [2.45, 2.75) is 18.0 Å². The van der Waals surface area contributed by atoms with Crippen molar-refractivity contribution in [1.29, 1.82) is 0 Å². The van der Waals surface area contributed by atoms with Crippen LogP contribution >= 0.6 is 0 Å². The van der Waals surface area contributed by atoms with Gasteiger partial charge < -0.3 is 10.3 Å². The van der Waals surface area contributed by atoms with E-state index in [9.17, 15) is 8.42 Å². The molecule has 1 aromatic heterocycles. The highest BCUT2D eigenvalue weighted by Gasteiger charge is 2.14. The molecule has 0 aliphatic heterocycles. The van der Waals surface area contributed by atoms with E-state index in [4.69, 9.17) is 5.73 Å². The number of hydrogen-bond donors (Lipinski definition) is 2. The maximum Gasteiger partial charge on any atom is 0.240 e. The Kier molecular flexibility index (Phi) is 3.75. The van der Waals surface area contributed by atoms with E-state index in [1.165, 1.54) is 12.3 Å². The highest BCUT2D eigenvalue weighted by atomic mass is 32.2. The molecule has 0 amide bonds. The van der Waals surface area contributed by atoms with Crippen molar-refractivity contribution in [2.75, 3.05) is 0 Å². The second-order valence-corrected chi connectivity index (χ2v) is 5.43. The Hall–Kier alpha value is -1.70. The summed E-state index contributed by atoms with van der Waals surface area (Å²) in [6, 6.07) is 8.09. The summed E-state index contributed by atoms with van der Waals surface area (Å²) < 4.78 is 31.0. The molecular formula is C11H13N3O3S. The van der Waals surface area contributed by atoms with Gasteiger partial charge in [-0.3, -0.25) is 0 Å². The third-order valence-corrected chi connectivity index (χ3v) is 3.78. The Morgan fingerprint density at radius 1 is 1.33 bits per heavy atom. The predicted molar refractivity (Wildman–Crippen MR) is 64.9 cm³/mol. The first kappa shape index (κ1) is 12.7. The molecule has 0 unspecified atom stereocenters. The summed E-state index contributed by atoms with van der Waals surface area (Å²) in [6.07, 6.45) is 1.39. The van der Waals surface area contributed by atoms with Gasteiger partial charge in [0.2, 0.25) is 10.0 Å². The molecule has 0 radical (unpaired) electrons. The fourth-order valence-electron chi connectivity index (χ4n) is 1.42. The Balaban J connectivity index is 2.14. The Bertz CT molecular complexity index is 608. The van der Waals surface area contributed by atoms with Gasteiger partial charge in [0.05, 0.1) is 17.1 Å². The Morgan fingerprint density at radius 2 is 2.17 bits per heavy atom. The number of nitrogens with one attached hydrogen (secondary N) is 1. The standard InChI is InChI=1S/C11H13N3O3S/c12-7-9-2-1-3-11(6-9)18(15,16)13-8-10-4-5-17-14-10/h1-6,13H,7-8,12H2. The molecule has 0 aliphatic carbocycles. The fraction of sp³-hybridized carbons (Fsp3) is 0.182. The molecule has 0 saturated heterocycles. The maximum absolute atomic E-state index is 12.0. The fourth-order valence-corrected chi connectivity index (χ4v) is 2.49. The summed E-state index contributed by atoms with van der Waals surface area (Å²) in [6.45, 7) is 0.387. The van der Waals surface area contributed by atoms with Gasteiger partial charge in [-0.05, 0) is 17.7 Å². The highest BCUT2D eigenvalue weighted by Crippen LogP contribution is 2.11. The molecule has 2 rings (SSSR count). The van der Waals surface area contributed by atoms with Crippen molar-refractivity contribution in [3.05, 3.63) is 47.9 Å². The summed E-state index contributed by atoms with van der Waals surface area (Å²) >= 11 is 0. The molecule has 0 aliphatic rings. The molecule has 1 heterocycles. The van der Waals surface area contributed by atoms with Gasteiger partial charge in [-0.1, -0.05) is 17.3 Å². The number of nitrogens with two attached hydrogens (primary N) is 1. The maximum atomic E-state index is 12.0. The van der Waals surface area contributed by atoms with Gasteiger partial charge >= 0.3 is 0 Å². The minimum Gasteiger partial charge on any atom is -0.364 e. The summed E-state index contributed by atoms with van der Waals surface area (Å²) in [4.78, 5) is 0.189. The molecule has 18 heavy (non-hydrogen) atoms. The van der Waals surface area contributed by atoms with Gasteiger partial charge in [-0.25, -0.2) is 13.1 Å². The summed E-state index contributed by atoms with van der Waals surface area (Å²) in [5.74, 6) is 0. The van der Waals surface area contributed by atoms with Crippen LogP contribution in [0.5, 0.6) is 0 Å². The minimum atomic E-state index is -3.56. The zero-order valence-corrected chi connectivity index (χ0v) is 10.4. The largest absolute Gasteiger partial charge is 0.364 e. The summed E-state index contributed by atoms with van der Waals surface area (Å²) in [5, 5.41) is 3.62. The second-order valence-electron chi connectivity index (χ2n) is 3.67. The summed E-state index contributed by atoms with van der Waals surface area (Å²) in [5.41, 5.74) is 6.76. The lowest BCUT2D eigenvalue weighted by atomic mass is 10.2. The molecule has 0 atom stereocenters. The third-order valence-electron chi connectivity index (χ3n) is 2.38. The SMILES string of the molecule is NCc1cccc(S(=O)(=O)NCc2ccon2)c1. The number of sulfonamides is 1. The van der Waals surface area contributed by atoms with Crippen molar-refractivity contribution in [2.24, 2.45) is 5.73 Å².